The molecule has 3 N–H and O–H groups in total. The van der Waals surface area contributed by atoms with Gasteiger partial charge in [0.15, 0.2) is 17.5 Å². The minimum atomic E-state index is 0.276. The maximum atomic E-state index is 9.53. The van der Waals surface area contributed by atoms with Gasteiger partial charge in [0.1, 0.15) is 5.75 Å². The molecule has 6 heteroatoms. The molecule has 2 aromatic rings. The summed E-state index contributed by atoms with van der Waals surface area (Å²) in [7, 11) is 1.62. The van der Waals surface area contributed by atoms with Gasteiger partial charge in [-0.1, -0.05) is 12.1 Å². The molecular formula is C20H27N3O3. The summed E-state index contributed by atoms with van der Waals surface area (Å²) in [5, 5.41) is 16.0. The van der Waals surface area contributed by atoms with Gasteiger partial charge in [0.05, 0.1) is 13.7 Å². The van der Waals surface area contributed by atoms with E-state index in [0.29, 0.717) is 30.6 Å². The lowest BCUT2D eigenvalue weighted by Crippen LogP contribution is -2.30. The molecule has 2 rings (SSSR count). The third kappa shape index (κ3) is 5.88. The zero-order valence-electron chi connectivity index (χ0n) is 15.6. The van der Waals surface area contributed by atoms with E-state index in [4.69, 9.17) is 9.47 Å². The highest BCUT2D eigenvalue weighted by Crippen LogP contribution is 2.30. The van der Waals surface area contributed by atoms with Gasteiger partial charge in [-0.05, 0) is 50.1 Å². The Kier molecular flexibility index (Phi) is 7.61. The molecule has 0 saturated heterocycles. The third-order valence-corrected chi connectivity index (χ3v) is 3.65. The molecule has 0 fully saturated rings. The van der Waals surface area contributed by atoms with Crippen molar-refractivity contribution in [3.8, 4) is 17.2 Å². The van der Waals surface area contributed by atoms with Crippen LogP contribution in [-0.2, 0) is 6.42 Å². The van der Waals surface area contributed by atoms with Crippen molar-refractivity contribution in [2.75, 3.05) is 32.1 Å². The van der Waals surface area contributed by atoms with Crippen LogP contribution in [-0.4, -0.2) is 37.9 Å². The van der Waals surface area contributed by atoms with E-state index >= 15 is 0 Å². The molecule has 0 saturated carbocycles. The molecule has 0 unspecified atom stereocenters. The first-order valence-electron chi connectivity index (χ1n) is 8.80. The Labute approximate surface area is 154 Å². The molecule has 0 atom stereocenters. The highest BCUT2D eigenvalue weighted by Gasteiger charge is 2.07. The normalized spacial score (nSPS) is 11.1. The highest BCUT2D eigenvalue weighted by atomic mass is 16.5. The number of phenols is 1. The van der Waals surface area contributed by atoms with Crippen molar-refractivity contribution in [3.05, 3.63) is 48.0 Å². The predicted octanol–water partition coefficient (Wildman–Crippen LogP) is 3.42. The van der Waals surface area contributed by atoms with E-state index in [1.807, 2.05) is 44.2 Å². The quantitative estimate of drug-likeness (QED) is 0.499. The second-order valence-electron chi connectivity index (χ2n) is 5.60. The molecule has 0 amide bonds. The van der Waals surface area contributed by atoms with Crippen molar-refractivity contribution in [1.82, 2.24) is 5.32 Å². The minimum Gasteiger partial charge on any atom is -0.508 e. The number of phenolic OH excluding ortho intramolecular Hbond substituents is 1. The zero-order chi connectivity index (χ0) is 18.8. The topological polar surface area (TPSA) is 75.1 Å². The number of hydrogen-bond donors (Lipinski definition) is 3. The van der Waals surface area contributed by atoms with Crippen LogP contribution < -0.4 is 20.1 Å². The zero-order valence-corrected chi connectivity index (χ0v) is 15.6. The van der Waals surface area contributed by atoms with Crippen LogP contribution in [0.2, 0.25) is 0 Å². The van der Waals surface area contributed by atoms with Crippen LogP contribution in [0, 0.1) is 0 Å². The summed E-state index contributed by atoms with van der Waals surface area (Å²) in [4.78, 5) is 4.59. The van der Waals surface area contributed by atoms with Crippen molar-refractivity contribution in [3.63, 3.8) is 0 Å². The smallest absolute Gasteiger partial charge is 0.195 e. The lowest BCUT2D eigenvalue weighted by molar-refractivity contribution is 0.311. The molecule has 6 nitrogen and oxygen atoms in total. The SMILES string of the molecule is CCNC(=NCCc1cccc(O)c1)Nc1ccc(OC)c(OCC)c1. The van der Waals surface area contributed by atoms with Gasteiger partial charge in [-0.25, -0.2) is 0 Å². The molecule has 0 aliphatic heterocycles. The number of aliphatic imine (C=N–C) groups is 1. The maximum Gasteiger partial charge on any atom is 0.195 e. The molecule has 0 spiro atoms. The summed E-state index contributed by atoms with van der Waals surface area (Å²) >= 11 is 0. The fraction of sp³-hybridized carbons (Fsp3) is 0.350. The van der Waals surface area contributed by atoms with Crippen LogP contribution in [0.4, 0.5) is 5.69 Å². The van der Waals surface area contributed by atoms with Crippen LogP contribution >= 0.6 is 0 Å². The van der Waals surface area contributed by atoms with Gasteiger partial charge >= 0.3 is 0 Å². The van der Waals surface area contributed by atoms with Gasteiger partial charge in [0.25, 0.3) is 0 Å². The molecule has 140 valence electrons. The van der Waals surface area contributed by atoms with Crippen LogP contribution in [0.3, 0.4) is 0 Å². The van der Waals surface area contributed by atoms with E-state index in [1.165, 1.54) is 0 Å². The number of guanidine groups is 1. The van der Waals surface area contributed by atoms with Crippen molar-refractivity contribution >= 4 is 11.6 Å². The summed E-state index contributed by atoms with van der Waals surface area (Å²) in [5.41, 5.74) is 1.92. The highest BCUT2D eigenvalue weighted by molar-refractivity contribution is 5.93. The Morgan fingerprint density at radius 1 is 1.12 bits per heavy atom. The van der Waals surface area contributed by atoms with Gasteiger partial charge in [0.2, 0.25) is 0 Å². The Balaban J connectivity index is 2.05. The van der Waals surface area contributed by atoms with E-state index in [-0.39, 0.29) is 5.75 Å². The summed E-state index contributed by atoms with van der Waals surface area (Å²) in [5.74, 6) is 2.36. The first-order valence-corrected chi connectivity index (χ1v) is 8.80. The molecule has 0 radical (unpaired) electrons. The maximum absolute atomic E-state index is 9.53. The number of nitrogens with zero attached hydrogens (tertiary/aromatic N) is 1. The molecule has 0 aliphatic rings. The van der Waals surface area contributed by atoms with Crippen LogP contribution in [0.25, 0.3) is 0 Å². The van der Waals surface area contributed by atoms with Gasteiger partial charge < -0.3 is 25.2 Å². The van der Waals surface area contributed by atoms with Crippen LogP contribution in [0.15, 0.2) is 47.5 Å². The number of aromatic hydroxyl groups is 1. The second kappa shape index (κ2) is 10.2. The molecule has 0 bridgehead atoms. The monoisotopic (exact) mass is 357 g/mol. The fourth-order valence-electron chi connectivity index (χ4n) is 2.48. The molecule has 26 heavy (non-hydrogen) atoms. The largest absolute Gasteiger partial charge is 0.508 e. The number of rotatable bonds is 8. The lowest BCUT2D eigenvalue weighted by Gasteiger charge is -2.14. The third-order valence-electron chi connectivity index (χ3n) is 3.65. The summed E-state index contributed by atoms with van der Waals surface area (Å²) < 4.78 is 10.9. The molecule has 2 aromatic carbocycles. The average Bonchev–Trinajstić information content (AvgIpc) is 2.62. The van der Waals surface area contributed by atoms with E-state index in [1.54, 1.807) is 19.2 Å². The van der Waals surface area contributed by atoms with Gasteiger partial charge in [-0.3, -0.25) is 4.99 Å². The van der Waals surface area contributed by atoms with E-state index in [9.17, 15) is 5.11 Å². The van der Waals surface area contributed by atoms with Gasteiger partial charge in [-0.15, -0.1) is 0 Å². The molecule has 0 aromatic heterocycles. The first kappa shape index (κ1) is 19.4. The predicted molar refractivity (Wildman–Crippen MR) is 106 cm³/mol. The van der Waals surface area contributed by atoms with Crippen LogP contribution in [0.1, 0.15) is 19.4 Å². The van der Waals surface area contributed by atoms with Crippen molar-refractivity contribution in [2.24, 2.45) is 4.99 Å². The van der Waals surface area contributed by atoms with Crippen molar-refractivity contribution in [1.29, 1.82) is 0 Å². The standard InChI is InChI=1S/C20H27N3O3/c1-4-21-20(22-12-11-15-7-6-8-17(24)13-15)23-16-9-10-18(25-3)19(14-16)26-5-2/h6-10,13-14,24H,4-5,11-12H2,1-3H3,(H2,21,22,23). The molecule has 0 heterocycles. The Morgan fingerprint density at radius 3 is 2.65 bits per heavy atom. The van der Waals surface area contributed by atoms with Crippen molar-refractivity contribution in [2.45, 2.75) is 20.3 Å². The fourth-order valence-corrected chi connectivity index (χ4v) is 2.48. The minimum absolute atomic E-state index is 0.276. The number of hydrogen-bond acceptors (Lipinski definition) is 4. The second-order valence-corrected chi connectivity index (χ2v) is 5.60. The average molecular weight is 357 g/mol. The Morgan fingerprint density at radius 2 is 1.96 bits per heavy atom. The Hall–Kier alpha value is -2.89. The Bertz CT molecular complexity index is 732. The number of nitrogens with one attached hydrogen (secondary N) is 2. The van der Waals surface area contributed by atoms with Crippen molar-refractivity contribution < 1.29 is 14.6 Å². The summed E-state index contributed by atoms with van der Waals surface area (Å²) in [6, 6.07) is 12.9. The molecular weight excluding hydrogens is 330 g/mol. The summed E-state index contributed by atoms with van der Waals surface area (Å²) in [6.07, 6.45) is 0.748. The summed E-state index contributed by atoms with van der Waals surface area (Å²) in [6.45, 7) is 5.89. The van der Waals surface area contributed by atoms with Gasteiger partial charge in [0, 0.05) is 24.8 Å². The van der Waals surface area contributed by atoms with Crippen LogP contribution in [0.5, 0.6) is 17.2 Å². The lowest BCUT2D eigenvalue weighted by atomic mass is 10.1. The van der Waals surface area contributed by atoms with E-state index in [2.05, 4.69) is 15.6 Å². The first-order chi connectivity index (χ1) is 12.7. The number of ether oxygens (including phenoxy) is 2. The number of benzene rings is 2. The molecule has 0 aliphatic carbocycles. The number of anilines is 1. The van der Waals surface area contributed by atoms with E-state index < -0.39 is 0 Å². The number of methoxy groups -OCH3 is 1. The van der Waals surface area contributed by atoms with E-state index in [0.717, 1.165) is 24.2 Å². The van der Waals surface area contributed by atoms with Gasteiger partial charge in [-0.2, -0.15) is 0 Å².